The molecular weight excluding hydrogens is 259 g/mol. The molecule has 0 spiro atoms. The normalized spacial score (nSPS) is 12.1. The number of halogens is 1. The third-order valence-electron chi connectivity index (χ3n) is 3.10. The summed E-state index contributed by atoms with van der Waals surface area (Å²) in [5.74, 6) is -0.417. The average Bonchev–Trinajstić information content (AvgIpc) is 2.37. The molecular formula is C15H23FN2O2. The molecule has 0 aliphatic heterocycles. The number of hydrogen-bond donors (Lipinski definition) is 1. The lowest BCUT2D eigenvalue weighted by atomic mass is 10.1. The smallest absolute Gasteiger partial charge is 0.241 e. The van der Waals surface area contributed by atoms with Crippen molar-refractivity contribution in [2.75, 3.05) is 32.1 Å². The second kappa shape index (κ2) is 7.24. The Labute approximate surface area is 119 Å². The van der Waals surface area contributed by atoms with Crippen LogP contribution in [-0.4, -0.2) is 43.1 Å². The monoisotopic (exact) mass is 282 g/mol. The van der Waals surface area contributed by atoms with E-state index in [-0.39, 0.29) is 18.3 Å². The zero-order valence-electron chi connectivity index (χ0n) is 12.6. The first-order chi connectivity index (χ1) is 9.36. The molecule has 1 amide bonds. The zero-order chi connectivity index (χ0) is 15.3. The molecule has 0 aromatic heterocycles. The first-order valence-electron chi connectivity index (χ1n) is 6.79. The van der Waals surface area contributed by atoms with Crippen LogP contribution in [-0.2, 0) is 4.79 Å². The van der Waals surface area contributed by atoms with Gasteiger partial charge in [0.05, 0.1) is 12.6 Å². The molecule has 0 heterocycles. The van der Waals surface area contributed by atoms with Crippen molar-refractivity contribution >= 4 is 11.6 Å². The van der Waals surface area contributed by atoms with Gasteiger partial charge in [0.15, 0.2) is 0 Å². The van der Waals surface area contributed by atoms with Crippen molar-refractivity contribution in [3.63, 3.8) is 0 Å². The van der Waals surface area contributed by atoms with E-state index in [9.17, 15) is 14.3 Å². The number of benzene rings is 1. The molecule has 4 nitrogen and oxygen atoms in total. The molecule has 1 rings (SSSR count). The number of amides is 1. The van der Waals surface area contributed by atoms with Gasteiger partial charge in [-0.25, -0.2) is 4.39 Å². The molecule has 0 saturated heterocycles. The zero-order valence-corrected chi connectivity index (χ0v) is 12.6. The van der Waals surface area contributed by atoms with Crippen LogP contribution in [0.25, 0.3) is 0 Å². The molecule has 0 bridgehead atoms. The maximum Gasteiger partial charge on any atom is 0.241 e. The van der Waals surface area contributed by atoms with Crippen molar-refractivity contribution in [1.82, 2.24) is 4.90 Å². The number of aliphatic hydroxyl groups excluding tert-OH is 1. The SMILES string of the molecule is CCCN(CC(=O)N(C)C)c1ccc(F)cc1C(C)O. The Balaban J connectivity index is 3.11. The predicted octanol–water partition coefficient (Wildman–Crippen LogP) is 2.18. The summed E-state index contributed by atoms with van der Waals surface area (Å²) >= 11 is 0. The molecule has 112 valence electrons. The molecule has 0 fully saturated rings. The summed E-state index contributed by atoms with van der Waals surface area (Å²) in [6.07, 6.45) is 0.0756. The molecule has 20 heavy (non-hydrogen) atoms. The summed E-state index contributed by atoms with van der Waals surface area (Å²) in [4.78, 5) is 15.3. The van der Waals surface area contributed by atoms with Gasteiger partial charge in [0.2, 0.25) is 5.91 Å². The molecule has 5 heteroatoms. The average molecular weight is 282 g/mol. The summed E-state index contributed by atoms with van der Waals surface area (Å²) in [5.41, 5.74) is 1.21. The van der Waals surface area contributed by atoms with Crippen molar-refractivity contribution in [1.29, 1.82) is 0 Å². The Hall–Kier alpha value is -1.62. The number of rotatable bonds is 6. The topological polar surface area (TPSA) is 43.8 Å². The second-order valence-electron chi connectivity index (χ2n) is 5.09. The summed E-state index contributed by atoms with van der Waals surface area (Å²) in [7, 11) is 3.40. The minimum atomic E-state index is -0.783. The summed E-state index contributed by atoms with van der Waals surface area (Å²) in [5, 5.41) is 9.80. The lowest BCUT2D eigenvalue weighted by Crippen LogP contribution is -2.37. The van der Waals surface area contributed by atoms with Gasteiger partial charge in [-0.1, -0.05) is 6.92 Å². The van der Waals surface area contributed by atoms with Crippen molar-refractivity contribution in [2.24, 2.45) is 0 Å². The molecule has 1 unspecified atom stereocenters. The van der Waals surface area contributed by atoms with Crippen LogP contribution >= 0.6 is 0 Å². The minimum absolute atomic E-state index is 0.0284. The van der Waals surface area contributed by atoms with E-state index in [1.54, 1.807) is 27.1 Å². The van der Waals surface area contributed by atoms with Crippen LogP contribution < -0.4 is 4.90 Å². The fourth-order valence-corrected chi connectivity index (χ4v) is 2.01. The third kappa shape index (κ3) is 4.20. The van der Waals surface area contributed by atoms with Crippen LogP contribution in [0.5, 0.6) is 0 Å². The molecule has 0 aliphatic rings. The Morgan fingerprint density at radius 1 is 1.40 bits per heavy atom. The van der Waals surface area contributed by atoms with Gasteiger partial charge in [-0.2, -0.15) is 0 Å². The highest BCUT2D eigenvalue weighted by molar-refractivity contribution is 5.81. The van der Waals surface area contributed by atoms with E-state index in [4.69, 9.17) is 0 Å². The minimum Gasteiger partial charge on any atom is -0.389 e. The van der Waals surface area contributed by atoms with Gasteiger partial charge in [-0.15, -0.1) is 0 Å². The number of hydrogen-bond acceptors (Lipinski definition) is 3. The number of likely N-dealkylation sites (N-methyl/N-ethyl adjacent to an activating group) is 1. The van der Waals surface area contributed by atoms with Crippen LogP contribution in [0.2, 0.25) is 0 Å². The molecule has 1 aromatic rings. The lowest BCUT2D eigenvalue weighted by Gasteiger charge is -2.28. The fraction of sp³-hybridized carbons (Fsp3) is 0.533. The number of carbonyl (C=O) groups excluding carboxylic acids is 1. The first-order valence-corrected chi connectivity index (χ1v) is 6.79. The quantitative estimate of drug-likeness (QED) is 0.870. The van der Waals surface area contributed by atoms with Crippen LogP contribution in [0.15, 0.2) is 18.2 Å². The molecule has 0 aliphatic carbocycles. The second-order valence-corrected chi connectivity index (χ2v) is 5.09. The number of anilines is 1. The van der Waals surface area contributed by atoms with Gasteiger partial charge >= 0.3 is 0 Å². The van der Waals surface area contributed by atoms with Gasteiger partial charge in [-0.3, -0.25) is 4.79 Å². The number of nitrogens with zero attached hydrogens (tertiary/aromatic N) is 2. The van der Waals surface area contributed by atoms with Crippen LogP contribution in [0.1, 0.15) is 31.9 Å². The summed E-state index contributed by atoms with van der Waals surface area (Å²) < 4.78 is 13.3. The fourth-order valence-electron chi connectivity index (χ4n) is 2.01. The third-order valence-corrected chi connectivity index (χ3v) is 3.10. The Morgan fingerprint density at radius 3 is 2.55 bits per heavy atom. The van der Waals surface area contributed by atoms with Gasteiger partial charge in [0.1, 0.15) is 5.82 Å². The van der Waals surface area contributed by atoms with Crippen LogP contribution in [0.4, 0.5) is 10.1 Å². The Morgan fingerprint density at radius 2 is 2.05 bits per heavy atom. The van der Waals surface area contributed by atoms with Gasteiger partial charge in [0.25, 0.3) is 0 Å². The molecule has 1 N–H and O–H groups in total. The van der Waals surface area contributed by atoms with E-state index in [1.807, 2.05) is 11.8 Å². The summed E-state index contributed by atoms with van der Waals surface area (Å²) in [6, 6.07) is 4.29. The standard InChI is InChI=1S/C15H23FN2O2/c1-5-8-18(10-15(20)17(3)4)14-7-6-12(16)9-13(14)11(2)19/h6-7,9,11,19H,5,8,10H2,1-4H3. The van der Waals surface area contributed by atoms with Crippen molar-refractivity contribution < 1.29 is 14.3 Å². The van der Waals surface area contributed by atoms with Crippen molar-refractivity contribution in [3.8, 4) is 0 Å². The van der Waals surface area contributed by atoms with Crippen molar-refractivity contribution in [2.45, 2.75) is 26.4 Å². The maximum atomic E-state index is 13.3. The van der Waals surface area contributed by atoms with Gasteiger partial charge < -0.3 is 14.9 Å². The van der Waals surface area contributed by atoms with E-state index in [0.717, 1.165) is 6.42 Å². The highest BCUT2D eigenvalue weighted by Crippen LogP contribution is 2.27. The number of carbonyl (C=O) groups is 1. The number of aliphatic hydroxyl groups is 1. The van der Waals surface area contributed by atoms with Crippen LogP contribution in [0, 0.1) is 5.82 Å². The van der Waals surface area contributed by atoms with Gasteiger partial charge in [0, 0.05) is 31.9 Å². The predicted molar refractivity (Wildman–Crippen MR) is 78.2 cm³/mol. The molecule has 0 radical (unpaired) electrons. The summed E-state index contributed by atoms with van der Waals surface area (Å²) in [6.45, 7) is 4.49. The Bertz CT molecular complexity index is 461. The highest BCUT2D eigenvalue weighted by Gasteiger charge is 2.18. The van der Waals surface area contributed by atoms with Crippen LogP contribution in [0.3, 0.4) is 0 Å². The highest BCUT2D eigenvalue weighted by atomic mass is 19.1. The van der Waals surface area contributed by atoms with E-state index in [1.165, 1.54) is 17.0 Å². The first kappa shape index (κ1) is 16.4. The van der Waals surface area contributed by atoms with E-state index in [2.05, 4.69) is 0 Å². The van der Waals surface area contributed by atoms with Gasteiger partial charge in [-0.05, 0) is 31.5 Å². The van der Waals surface area contributed by atoms with E-state index in [0.29, 0.717) is 17.8 Å². The maximum absolute atomic E-state index is 13.3. The van der Waals surface area contributed by atoms with Crippen molar-refractivity contribution in [3.05, 3.63) is 29.6 Å². The molecule has 1 aromatic carbocycles. The van der Waals surface area contributed by atoms with E-state index < -0.39 is 6.10 Å². The van der Waals surface area contributed by atoms with E-state index >= 15 is 0 Å². The lowest BCUT2D eigenvalue weighted by molar-refractivity contribution is -0.127. The molecule has 0 saturated carbocycles. The largest absolute Gasteiger partial charge is 0.389 e. The Kier molecular flexibility index (Phi) is 5.95. The molecule has 1 atom stereocenters.